The molecule has 2 rings (SSSR count). The smallest absolute Gasteiger partial charge is 0.185 e. The zero-order valence-corrected chi connectivity index (χ0v) is 10.1. The molecule has 84 valence electrons. The average molecular weight is 226 g/mol. The first kappa shape index (κ1) is 10.9. The Labute approximate surface area is 94.8 Å². The van der Waals surface area contributed by atoms with Crippen molar-refractivity contribution in [2.24, 2.45) is 0 Å². The molecule has 15 heavy (non-hydrogen) atoms. The van der Waals surface area contributed by atoms with Crippen LogP contribution >= 0.6 is 11.3 Å². The monoisotopic (exact) mass is 226 g/mol. The third-order valence-electron chi connectivity index (χ3n) is 3.11. The van der Waals surface area contributed by atoms with Gasteiger partial charge in [0.25, 0.3) is 0 Å². The molecule has 1 N–H and O–H groups in total. The van der Waals surface area contributed by atoms with Crippen LogP contribution in [0.25, 0.3) is 0 Å². The fraction of sp³-hybridized carbons (Fsp3) is 0.727. The van der Waals surface area contributed by atoms with E-state index in [1.807, 2.05) is 5.38 Å². The van der Waals surface area contributed by atoms with E-state index >= 15 is 0 Å². The summed E-state index contributed by atoms with van der Waals surface area (Å²) in [7, 11) is 2.11. The van der Waals surface area contributed by atoms with E-state index in [1.54, 1.807) is 18.3 Å². The maximum atomic E-state index is 9.41. The summed E-state index contributed by atoms with van der Waals surface area (Å²) in [5, 5.41) is 12.4. The van der Waals surface area contributed by atoms with Gasteiger partial charge in [0.05, 0.1) is 11.8 Å². The second-order valence-electron chi connectivity index (χ2n) is 4.28. The van der Waals surface area contributed by atoms with E-state index in [4.69, 9.17) is 0 Å². The molecule has 0 bridgehead atoms. The van der Waals surface area contributed by atoms with E-state index in [0.29, 0.717) is 6.04 Å². The molecular weight excluding hydrogens is 208 g/mol. The van der Waals surface area contributed by atoms with Gasteiger partial charge in [0.2, 0.25) is 0 Å². The molecule has 0 radical (unpaired) electrons. The van der Waals surface area contributed by atoms with E-state index < -0.39 is 6.10 Å². The summed E-state index contributed by atoms with van der Waals surface area (Å²) in [6.45, 7) is 1.76. The van der Waals surface area contributed by atoms with Gasteiger partial charge in [0, 0.05) is 18.5 Å². The van der Waals surface area contributed by atoms with E-state index in [9.17, 15) is 5.11 Å². The average Bonchev–Trinajstić information content (AvgIpc) is 2.88. The number of rotatable bonds is 3. The Bertz CT molecular complexity index is 318. The maximum Gasteiger partial charge on any atom is 0.185 e. The van der Waals surface area contributed by atoms with E-state index in [2.05, 4.69) is 16.9 Å². The van der Waals surface area contributed by atoms with Crippen molar-refractivity contribution >= 4 is 16.5 Å². The molecular formula is C11H18N2OS. The minimum absolute atomic E-state index is 0.452. The van der Waals surface area contributed by atoms with Crippen molar-refractivity contribution in [3.8, 4) is 0 Å². The number of hydrogen-bond acceptors (Lipinski definition) is 4. The molecule has 1 unspecified atom stereocenters. The van der Waals surface area contributed by atoms with Crippen molar-refractivity contribution in [2.75, 3.05) is 11.9 Å². The third kappa shape index (κ3) is 2.32. The van der Waals surface area contributed by atoms with Crippen LogP contribution in [0.4, 0.5) is 5.13 Å². The summed E-state index contributed by atoms with van der Waals surface area (Å²) in [5.41, 5.74) is 0.792. The summed E-state index contributed by atoms with van der Waals surface area (Å²) in [6, 6.07) is 0.651. The topological polar surface area (TPSA) is 36.4 Å². The summed E-state index contributed by atoms with van der Waals surface area (Å²) < 4.78 is 0. The van der Waals surface area contributed by atoms with Crippen LogP contribution in [0, 0.1) is 0 Å². The highest BCUT2D eigenvalue weighted by atomic mass is 32.1. The van der Waals surface area contributed by atoms with Gasteiger partial charge < -0.3 is 10.0 Å². The van der Waals surface area contributed by atoms with E-state index in [0.717, 1.165) is 10.8 Å². The molecule has 1 saturated carbocycles. The Morgan fingerprint density at radius 1 is 1.53 bits per heavy atom. The number of aliphatic hydroxyl groups excluding tert-OH is 1. The first-order valence-corrected chi connectivity index (χ1v) is 6.43. The highest BCUT2D eigenvalue weighted by Crippen LogP contribution is 2.30. The molecule has 1 aliphatic carbocycles. The minimum Gasteiger partial charge on any atom is -0.387 e. The van der Waals surface area contributed by atoms with Gasteiger partial charge in [0.1, 0.15) is 0 Å². The lowest BCUT2D eigenvalue weighted by molar-refractivity contribution is 0.195. The van der Waals surface area contributed by atoms with Gasteiger partial charge in [-0.15, -0.1) is 11.3 Å². The zero-order chi connectivity index (χ0) is 10.8. The molecule has 1 fully saturated rings. The number of aliphatic hydroxyl groups is 1. The number of nitrogens with zero attached hydrogens (tertiary/aromatic N) is 2. The van der Waals surface area contributed by atoms with Gasteiger partial charge in [-0.1, -0.05) is 12.8 Å². The molecule has 1 aliphatic rings. The Morgan fingerprint density at radius 3 is 2.73 bits per heavy atom. The molecule has 1 heterocycles. The van der Waals surface area contributed by atoms with Gasteiger partial charge in [-0.05, 0) is 19.8 Å². The Morgan fingerprint density at radius 2 is 2.20 bits per heavy atom. The van der Waals surface area contributed by atoms with Gasteiger partial charge in [-0.25, -0.2) is 4.98 Å². The SMILES string of the molecule is CC(O)c1csc(N(C)C2CCCC2)n1. The van der Waals surface area contributed by atoms with Crippen molar-refractivity contribution < 1.29 is 5.11 Å². The van der Waals surface area contributed by atoms with Crippen molar-refractivity contribution in [1.82, 2.24) is 4.98 Å². The van der Waals surface area contributed by atoms with Crippen molar-refractivity contribution in [2.45, 2.75) is 44.8 Å². The second kappa shape index (κ2) is 4.49. The molecule has 0 amide bonds. The molecule has 0 spiro atoms. The van der Waals surface area contributed by atoms with Crippen molar-refractivity contribution in [3.63, 3.8) is 0 Å². The molecule has 1 aromatic heterocycles. The van der Waals surface area contributed by atoms with Crippen LogP contribution in [-0.4, -0.2) is 23.2 Å². The van der Waals surface area contributed by atoms with Gasteiger partial charge in [-0.2, -0.15) is 0 Å². The van der Waals surface area contributed by atoms with Crippen LogP contribution in [0.2, 0.25) is 0 Å². The van der Waals surface area contributed by atoms with Gasteiger partial charge >= 0.3 is 0 Å². The molecule has 1 aromatic rings. The standard InChI is InChI=1S/C11H18N2OS/c1-8(14)10-7-15-11(12-10)13(2)9-5-3-4-6-9/h7-9,14H,3-6H2,1-2H3. The molecule has 0 aromatic carbocycles. The minimum atomic E-state index is -0.452. The van der Waals surface area contributed by atoms with Crippen molar-refractivity contribution in [1.29, 1.82) is 0 Å². The number of anilines is 1. The number of aromatic nitrogens is 1. The molecule has 0 saturated heterocycles. The first-order valence-electron chi connectivity index (χ1n) is 5.55. The summed E-state index contributed by atoms with van der Waals surface area (Å²) in [6.07, 6.45) is 4.78. The largest absolute Gasteiger partial charge is 0.387 e. The molecule has 0 aliphatic heterocycles. The second-order valence-corrected chi connectivity index (χ2v) is 5.12. The quantitative estimate of drug-likeness (QED) is 0.860. The third-order valence-corrected chi connectivity index (χ3v) is 4.06. The van der Waals surface area contributed by atoms with E-state index in [1.165, 1.54) is 25.7 Å². The van der Waals surface area contributed by atoms with Gasteiger partial charge in [-0.3, -0.25) is 0 Å². The van der Waals surface area contributed by atoms with Crippen LogP contribution in [0.5, 0.6) is 0 Å². The normalized spacial score (nSPS) is 19.4. The highest BCUT2D eigenvalue weighted by Gasteiger charge is 2.22. The highest BCUT2D eigenvalue weighted by molar-refractivity contribution is 7.13. The van der Waals surface area contributed by atoms with Crippen LogP contribution in [0.1, 0.15) is 44.4 Å². The Kier molecular flexibility index (Phi) is 3.26. The van der Waals surface area contributed by atoms with Crippen LogP contribution < -0.4 is 4.90 Å². The summed E-state index contributed by atoms with van der Waals surface area (Å²) in [5.74, 6) is 0. The van der Waals surface area contributed by atoms with E-state index in [-0.39, 0.29) is 0 Å². The lowest BCUT2D eigenvalue weighted by atomic mass is 10.2. The zero-order valence-electron chi connectivity index (χ0n) is 9.31. The number of hydrogen-bond donors (Lipinski definition) is 1. The lowest BCUT2D eigenvalue weighted by Crippen LogP contribution is -2.28. The predicted molar refractivity (Wildman–Crippen MR) is 63.4 cm³/mol. The van der Waals surface area contributed by atoms with Crippen LogP contribution in [0.15, 0.2) is 5.38 Å². The summed E-state index contributed by atoms with van der Waals surface area (Å²) >= 11 is 1.63. The molecule has 4 heteroatoms. The van der Waals surface area contributed by atoms with Crippen LogP contribution in [0.3, 0.4) is 0 Å². The predicted octanol–water partition coefficient (Wildman–Crippen LogP) is 2.58. The summed E-state index contributed by atoms with van der Waals surface area (Å²) in [4.78, 5) is 6.72. The van der Waals surface area contributed by atoms with Crippen molar-refractivity contribution in [3.05, 3.63) is 11.1 Å². The van der Waals surface area contributed by atoms with Crippen LogP contribution in [-0.2, 0) is 0 Å². The first-order chi connectivity index (χ1) is 7.18. The molecule has 3 nitrogen and oxygen atoms in total. The maximum absolute atomic E-state index is 9.41. The lowest BCUT2D eigenvalue weighted by Gasteiger charge is -2.23. The fourth-order valence-corrected chi connectivity index (χ4v) is 3.03. The Hall–Kier alpha value is -0.610. The molecule has 1 atom stereocenters. The van der Waals surface area contributed by atoms with Gasteiger partial charge in [0.15, 0.2) is 5.13 Å². The Balaban J connectivity index is 2.07. The number of thiazole rings is 1. The fourth-order valence-electron chi connectivity index (χ4n) is 2.08.